The number of nitrogens with zero attached hydrogens (tertiary/aromatic N) is 2. The Bertz CT molecular complexity index is 863. The molecule has 8 heteroatoms. The van der Waals surface area contributed by atoms with Crippen LogP contribution >= 0.6 is 24.8 Å². The molecule has 0 aliphatic carbocycles. The van der Waals surface area contributed by atoms with E-state index in [0.717, 1.165) is 31.5 Å². The molecule has 0 bridgehead atoms. The van der Waals surface area contributed by atoms with E-state index in [1.165, 1.54) is 0 Å². The fraction of sp³-hybridized carbons (Fsp3) is 0.556. The molecule has 1 fully saturated rings. The van der Waals surface area contributed by atoms with Gasteiger partial charge in [-0.15, -0.1) is 24.8 Å². The van der Waals surface area contributed by atoms with E-state index < -0.39 is 11.7 Å². The monoisotopic (exact) mass is 401 g/mol. The number of halogens is 2. The summed E-state index contributed by atoms with van der Waals surface area (Å²) in [7, 11) is 0. The third-order valence-electron chi connectivity index (χ3n) is 5.19. The van der Waals surface area contributed by atoms with Crippen molar-refractivity contribution in [3.63, 3.8) is 0 Å². The molecule has 2 N–H and O–H groups in total. The van der Waals surface area contributed by atoms with Gasteiger partial charge in [0.25, 0.3) is 5.56 Å². The molecule has 2 aliphatic heterocycles. The predicted octanol–water partition coefficient (Wildman–Crippen LogP) is 2.74. The van der Waals surface area contributed by atoms with Gasteiger partial charge in [0.2, 0.25) is 0 Å². The zero-order valence-corrected chi connectivity index (χ0v) is 16.7. The summed E-state index contributed by atoms with van der Waals surface area (Å²) in [6.45, 7) is 7.49. The van der Waals surface area contributed by atoms with Crippen molar-refractivity contribution in [3.05, 3.63) is 33.9 Å². The van der Waals surface area contributed by atoms with Crippen molar-refractivity contribution in [2.45, 2.75) is 51.4 Å². The average molecular weight is 402 g/mol. The molecule has 1 saturated heterocycles. The van der Waals surface area contributed by atoms with Gasteiger partial charge < -0.3 is 14.8 Å². The summed E-state index contributed by atoms with van der Waals surface area (Å²) in [6.07, 6.45) is 1.61. The maximum Gasteiger partial charge on any atom is 0.258 e. The minimum Gasteiger partial charge on any atom is -0.485 e. The number of aryl methyl sites for hydroxylation is 1. The molecule has 1 aromatic heterocycles. The van der Waals surface area contributed by atoms with E-state index in [2.05, 4.69) is 14.9 Å². The van der Waals surface area contributed by atoms with Crippen molar-refractivity contribution in [1.82, 2.24) is 14.9 Å². The summed E-state index contributed by atoms with van der Waals surface area (Å²) >= 11 is 0. The second kappa shape index (κ2) is 7.35. The molecule has 1 aromatic carbocycles. The van der Waals surface area contributed by atoms with E-state index >= 15 is 0 Å². The molecule has 144 valence electrons. The number of ether oxygens (including phenoxy) is 1. The Morgan fingerprint density at radius 3 is 2.58 bits per heavy atom. The molecule has 0 spiro atoms. The Kier molecular flexibility index (Phi) is 5.93. The minimum atomic E-state index is -0.690. The third-order valence-corrected chi connectivity index (χ3v) is 5.19. The lowest BCUT2D eigenvalue weighted by Gasteiger charge is -2.45. The van der Waals surface area contributed by atoms with Crippen molar-refractivity contribution in [3.8, 4) is 5.75 Å². The first-order chi connectivity index (χ1) is 11.4. The zero-order valence-electron chi connectivity index (χ0n) is 15.1. The molecule has 0 amide bonds. The van der Waals surface area contributed by atoms with Crippen molar-refractivity contribution in [2.75, 3.05) is 13.1 Å². The number of hydrogen-bond acceptors (Lipinski definition) is 5. The molecule has 2 aliphatic rings. The Morgan fingerprint density at radius 1 is 1.27 bits per heavy atom. The molecule has 26 heavy (non-hydrogen) atoms. The number of likely N-dealkylation sites (tertiary alicyclic amines) is 1. The van der Waals surface area contributed by atoms with Crippen LogP contribution in [0.3, 0.4) is 0 Å². The number of rotatable bonds is 1. The Labute approximate surface area is 164 Å². The van der Waals surface area contributed by atoms with Crippen molar-refractivity contribution >= 4 is 35.7 Å². The van der Waals surface area contributed by atoms with E-state index in [0.29, 0.717) is 22.5 Å². The van der Waals surface area contributed by atoms with E-state index in [9.17, 15) is 9.90 Å². The molecule has 0 saturated carbocycles. The van der Waals surface area contributed by atoms with Crippen LogP contribution < -0.4 is 10.3 Å². The first kappa shape index (κ1) is 21.0. The van der Waals surface area contributed by atoms with Gasteiger partial charge in [-0.2, -0.15) is 0 Å². The first-order valence-corrected chi connectivity index (χ1v) is 8.52. The van der Waals surface area contributed by atoms with Gasteiger partial charge in [-0.1, -0.05) is 0 Å². The largest absolute Gasteiger partial charge is 0.485 e. The van der Waals surface area contributed by atoms with Crippen molar-refractivity contribution < 1.29 is 9.84 Å². The smallest absolute Gasteiger partial charge is 0.258 e. The second-order valence-electron chi connectivity index (χ2n) is 7.40. The van der Waals surface area contributed by atoms with Gasteiger partial charge in [0, 0.05) is 11.6 Å². The molecular formula is C18H25Cl2N3O3. The van der Waals surface area contributed by atoms with Crippen LogP contribution in [0.1, 0.15) is 44.1 Å². The molecule has 6 nitrogen and oxygen atoms in total. The van der Waals surface area contributed by atoms with Crippen LogP contribution in [0.4, 0.5) is 0 Å². The van der Waals surface area contributed by atoms with E-state index in [1.807, 2.05) is 26.0 Å². The number of nitrogens with one attached hydrogen (secondary N) is 1. The number of aliphatic hydroxyl groups is 1. The number of H-pyrrole nitrogens is 1. The van der Waals surface area contributed by atoms with Crippen LogP contribution in [0.15, 0.2) is 16.9 Å². The van der Waals surface area contributed by atoms with Crippen molar-refractivity contribution in [1.29, 1.82) is 0 Å². The summed E-state index contributed by atoms with van der Waals surface area (Å²) in [4.78, 5) is 21.8. The molecule has 2 atom stereocenters. The molecule has 3 heterocycles. The van der Waals surface area contributed by atoms with Crippen LogP contribution in [-0.2, 0) is 0 Å². The van der Waals surface area contributed by atoms with Gasteiger partial charge in [0.15, 0.2) is 0 Å². The topological polar surface area (TPSA) is 78.5 Å². The standard InChI is InChI=1S/C18H23N3O3.2ClH/c1-10-19-13-9-14-12(8-11(13)17(23)20-10)15(21-6-4-5-7-21)16(22)18(2,3)24-14;;/h8-9,15-16,22H,4-7H2,1-3H3,(H,19,20,23);2*1H. The van der Waals surface area contributed by atoms with Crippen LogP contribution in [0, 0.1) is 6.92 Å². The molecule has 0 radical (unpaired) electrons. The highest BCUT2D eigenvalue weighted by atomic mass is 35.5. The summed E-state index contributed by atoms with van der Waals surface area (Å²) < 4.78 is 6.08. The SMILES string of the molecule is Cc1nc2cc3c(cc2c(=O)[nH]1)C(N1CCCC1)C(O)C(C)(C)O3.Cl.Cl. The average Bonchev–Trinajstić information content (AvgIpc) is 3.01. The van der Waals surface area contributed by atoms with Gasteiger partial charge in [-0.25, -0.2) is 4.98 Å². The number of hydrogen-bond donors (Lipinski definition) is 2. The highest BCUT2D eigenvalue weighted by Crippen LogP contribution is 2.44. The number of aliphatic hydroxyl groups excluding tert-OH is 1. The predicted molar refractivity (Wildman–Crippen MR) is 106 cm³/mol. The summed E-state index contributed by atoms with van der Waals surface area (Å²) in [5.41, 5.74) is 0.666. The van der Waals surface area contributed by atoms with E-state index in [4.69, 9.17) is 4.74 Å². The quantitative estimate of drug-likeness (QED) is 0.767. The first-order valence-electron chi connectivity index (χ1n) is 8.52. The van der Waals surface area contributed by atoms with Gasteiger partial charge in [0.1, 0.15) is 23.3 Å². The van der Waals surface area contributed by atoms with Crippen molar-refractivity contribution in [2.24, 2.45) is 0 Å². The molecule has 2 unspecified atom stereocenters. The molecular weight excluding hydrogens is 377 g/mol. The zero-order chi connectivity index (χ0) is 17.1. The van der Waals surface area contributed by atoms with Crippen LogP contribution in [0.5, 0.6) is 5.75 Å². The lowest BCUT2D eigenvalue weighted by Crippen LogP contribution is -2.53. The lowest BCUT2D eigenvalue weighted by molar-refractivity contribution is -0.0894. The van der Waals surface area contributed by atoms with Crippen LogP contribution in [-0.4, -0.2) is 44.8 Å². The Balaban J connectivity index is 0.00000121. The summed E-state index contributed by atoms with van der Waals surface area (Å²) in [5, 5.41) is 11.5. The fourth-order valence-corrected chi connectivity index (χ4v) is 3.93. The number of fused-ring (bicyclic) bond motifs is 2. The van der Waals surface area contributed by atoms with Gasteiger partial charge in [-0.05, 0) is 52.8 Å². The third kappa shape index (κ3) is 3.31. The summed E-state index contributed by atoms with van der Waals surface area (Å²) in [5.74, 6) is 1.30. The fourth-order valence-electron chi connectivity index (χ4n) is 3.93. The Hall–Kier alpha value is -1.34. The van der Waals surface area contributed by atoms with E-state index in [1.54, 1.807) is 6.92 Å². The minimum absolute atomic E-state index is 0. The highest BCUT2D eigenvalue weighted by molar-refractivity contribution is 5.85. The van der Waals surface area contributed by atoms with Gasteiger partial charge in [-0.3, -0.25) is 9.69 Å². The Morgan fingerprint density at radius 2 is 1.92 bits per heavy atom. The highest BCUT2D eigenvalue weighted by Gasteiger charge is 2.46. The van der Waals surface area contributed by atoms with Gasteiger partial charge >= 0.3 is 0 Å². The second-order valence-corrected chi connectivity index (χ2v) is 7.40. The lowest BCUT2D eigenvalue weighted by atomic mass is 9.85. The molecule has 4 rings (SSSR count). The number of aromatic amines is 1. The van der Waals surface area contributed by atoms with E-state index in [-0.39, 0.29) is 36.4 Å². The maximum absolute atomic E-state index is 12.3. The normalized spacial score (nSPS) is 24.3. The molecule has 2 aromatic rings. The number of aromatic nitrogens is 2. The number of benzene rings is 1. The van der Waals surface area contributed by atoms with Crippen LogP contribution in [0.2, 0.25) is 0 Å². The maximum atomic E-state index is 12.3. The van der Waals surface area contributed by atoms with Gasteiger partial charge in [0.05, 0.1) is 16.9 Å². The summed E-state index contributed by atoms with van der Waals surface area (Å²) in [6, 6.07) is 3.53. The van der Waals surface area contributed by atoms with Crippen LogP contribution in [0.25, 0.3) is 10.9 Å².